The van der Waals surface area contributed by atoms with Crippen LogP contribution in [0.3, 0.4) is 0 Å². The van der Waals surface area contributed by atoms with Crippen LogP contribution in [0.25, 0.3) is 11.3 Å². The minimum atomic E-state index is -4.67. The molecule has 2 aromatic rings. The van der Waals surface area contributed by atoms with E-state index in [4.69, 9.17) is 5.26 Å². The molecular weight excluding hydrogens is 367 g/mol. The molecule has 0 fully saturated rings. The third-order valence-corrected chi connectivity index (χ3v) is 5.04. The Hall–Kier alpha value is -2.47. The summed E-state index contributed by atoms with van der Waals surface area (Å²) in [6, 6.07) is 8.20. The number of anilines is 1. The van der Waals surface area contributed by atoms with E-state index in [-0.39, 0.29) is 29.1 Å². The number of aromatic nitrogens is 1. The van der Waals surface area contributed by atoms with Crippen LogP contribution in [-0.2, 0) is 22.6 Å². The first-order valence-corrected chi connectivity index (χ1v) is 9.58. The third-order valence-electron chi connectivity index (χ3n) is 3.67. The Morgan fingerprint density at radius 3 is 2.58 bits per heavy atom. The van der Waals surface area contributed by atoms with Crippen molar-refractivity contribution in [3.05, 3.63) is 41.6 Å². The summed E-state index contributed by atoms with van der Waals surface area (Å²) in [5.41, 5.74) is -0.499. The van der Waals surface area contributed by atoms with Crippen LogP contribution in [0.2, 0.25) is 0 Å². The number of benzene rings is 1. The van der Waals surface area contributed by atoms with Crippen LogP contribution in [-0.4, -0.2) is 19.2 Å². The second-order valence-corrected chi connectivity index (χ2v) is 7.61. The van der Waals surface area contributed by atoms with Crippen LogP contribution in [0.1, 0.15) is 31.0 Å². The van der Waals surface area contributed by atoms with Gasteiger partial charge in [0.1, 0.15) is 0 Å². The van der Waals surface area contributed by atoms with Crippen LogP contribution < -0.4 is 4.72 Å². The highest BCUT2D eigenvalue weighted by Gasteiger charge is 2.34. The summed E-state index contributed by atoms with van der Waals surface area (Å²) < 4.78 is 66.4. The van der Waals surface area contributed by atoms with Crippen LogP contribution in [0, 0.1) is 11.3 Å². The maximum absolute atomic E-state index is 13.5. The molecule has 0 aliphatic rings. The van der Waals surface area contributed by atoms with E-state index < -0.39 is 21.8 Å². The standard InChI is InChI=1S/C17H18F3N3O2S/c1-2-3-10-26(24,25)23-13-4-6-14(15(11-13)17(18,19)20)16-7-5-12(22-16)8-9-21/h4-7,11,22-23H,2-3,8,10H2,1H3. The van der Waals surface area contributed by atoms with E-state index in [1.165, 1.54) is 18.2 Å². The Morgan fingerprint density at radius 2 is 1.96 bits per heavy atom. The van der Waals surface area contributed by atoms with Gasteiger partial charge in [-0.1, -0.05) is 19.4 Å². The molecule has 0 unspecified atom stereocenters. The van der Waals surface area contributed by atoms with Crippen molar-refractivity contribution in [1.82, 2.24) is 4.98 Å². The molecule has 5 nitrogen and oxygen atoms in total. The zero-order valence-electron chi connectivity index (χ0n) is 14.0. The lowest BCUT2D eigenvalue weighted by atomic mass is 10.0. The molecule has 0 amide bonds. The highest BCUT2D eigenvalue weighted by molar-refractivity contribution is 7.92. The fraction of sp³-hybridized carbons (Fsp3) is 0.353. The average Bonchev–Trinajstić information content (AvgIpc) is 3.01. The van der Waals surface area contributed by atoms with Crippen molar-refractivity contribution in [2.75, 3.05) is 10.5 Å². The van der Waals surface area contributed by atoms with Gasteiger partial charge in [0.15, 0.2) is 0 Å². The van der Waals surface area contributed by atoms with E-state index in [0.717, 1.165) is 6.07 Å². The Balaban J connectivity index is 2.40. The van der Waals surface area contributed by atoms with Crippen molar-refractivity contribution in [1.29, 1.82) is 5.26 Å². The first-order chi connectivity index (χ1) is 12.2. The van der Waals surface area contributed by atoms with Crippen LogP contribution in [0.4, 0.5) is 18.9 Å². The molecule has 26 heavy (non-hydrogen) atoms. The number of aromatic amines is 1. The van der Waals surface area contributed by atoms with Crippen molar-refractivity contribution < 1.29 is 21.6 Å². The molecular formula is C17H18F3N3O2S. The van der Waals surface area contributed by atoms with E-state index in [0.29, 0.717) is 18.5 Å². The lowest BCUT2D eigenvalue weighted by molar-refractivity contribution is -0.137. The number of H-pyrrole nitrogens is 1. The summed E-state index contributed by atoms with van der Waals surface area (Å²) in [7, 11) is -3.70. The molecule has 0 radical (unpaired) electrons. The molecule has 9 heteroatoms. The first-order valence-electron chi connectivity index (χ1n) is 7.93. The van der Waals surface area contributed by atoms with Gasteiger partial charge in [0.2, 0.25) is 10.0 Å². The third kappa shape index (κ3) is 5.02. The zero-order chi connectivity index (χ0) is 19.4. The van der Waals surface area contributed by atoms with Crippen molar-refractivity contribution in [3.8, 4) is 17.3 Å². The van der Waals surface area contributed by atoms with E-state index in [1.54, 1.807) is 6.07 Å². The predicted molar refractivity (Wildman–Crippen MR) is 92.9 cm³/mol. The Bertz CT molecular complexity index is 912. The minimum Gasteiger partial charge on any atom is -0.358 e. The van der Waals surface area contributed by atoms with Gasteiger partial charge in [-0.05, 0) is 30.7 Å². The van der Waals surface area contributed by atoms with Crippen LogP contribution >= 0.6 is 0 Å². The SMILES string of the molecule is CCCCS(=O)(=O)Nc1ccc(-c2ccc(CC#N)[nH]2)c(C(F)(F)F)c1. The number of sulfonamides is 1. The number of rotatable bonds is 7. The molecule has 0 aliphatic heterocycles. The van der Waals surface area contributed by atoms with E-state index in [1.807, 2.05) is 13.0 Å². The maximum Gasteiger partial charge on any atom is 0.417 e. The number of hydrogen-bond acceptors (Lipinski definition) is 3. The van der Waals surface area contributed by atoms with Crippen molar-refractivity contribution in [2.45, 2.75) is 32.4 Å². The number of halogens is 3. The van der Waals surface area contributed by atoms with Crippen LogP contribution in [0.5, 0.6) is 0 Å². The van der Waals surface area contributed by atoms with Gasteiger partial charge in [-0.3, -0.25) is 4.72 Å². The summed E-state index contributed by atoms with van der Waals surface area (Å²) in [5, 5.41) is 8.67. The molecule has 2 N–H and O–H groups in total. The summed E-state index contributed by atoms with van der Waals surface area (Å²) in [6.45, 7) is 1.82. The lowest BCUT2D eigenvalue weighted by Crippen LogP contribution is -2.17. The number of hydrogen-bond donors (Lipinski definition) is 2. The van der Waals surface area contributed by atoms with Gasteiger partial charge >= 0.3 is 6.18 Å². The number of alkyl halides is 3. The van der Waals surface area contributed by atoms with Crippen molar-refractivity contribution in [3.63, 3.8) is 0 Å². The van der Waals surface area contributed by atoms with Gasteiger partial charge in [0.25, 0.3) is 0 Å². The summed E-state index contributed by atoms with van der Waals surface area (Å²) in [5.74, 6) is -0.152. The highest BCUT2D eigenvalue weighted by atomic mass is 32.2. The molecule has 140 valence electrons. The number of unbranched alkanes of at least 4 members (excludes halogenated alkanes) is 1. The number of nitrogens with zero attached hydrogens (tertiary/aromatic N) is 1. The molecule has 1 aromatic heterocycles. The van der Waals surface area contributed by atoms with Gasteiger partial charge in [0.05, 0.1) is 23.8 Å². The van der Waals surface area contributed by atoms with Crippen molar-refractivity contribution >= 4 is 15.7 Å². The summed E-state index contributed by atoms with van der Waals surface area (Å²) in [4.78, 5) is 2.78. The lowest BCUT2D eigenvalue weighted by Gasteiger charge is -2.15. The molecule has 0 spiro atoms. The molecule has 0 bridgehead atoms. The second-order valence-electron chi connectivity index (χ2n) is 5.76. The molecule has 0 saturated heterocycles. The van der Waals surface area contributed by atoms with Gasteiger partial charge in [-0.25, -0.2) is 8.42 Å². The van der Waals surface area contributed by atoms with E-state index in [2.05, 4.69) is 9.71 Å². The summed E-state index contributed by atoms with van der Waals surface area (Å²) >= 11 is 0. The monoisotopic (exact) mass is 385 g/mol. The minimum absolute atomic E-state index is 0.0522. The quantitative estimate of drug-likeness (QED) is 0.745. The highest BCUT2D eigenvalue weighted by Crippen LogP contribution is 2.38. The molecule has 0 aliphatic carbocycles. The normalized spacial score (nSPS) is 12.0. The maximum atomic E-state index is 13.5. The van der Waals surface area contributed by atoms with E-state index >= 15 is 0 Å². The van der Waals surface area contributed by atoms with E-state index in [9.17, 15) is 21.6 Å². The van der Waals surface area contributed by atoms with Gasteiger partial charge in [0, 0.05) is 22.6 Å². The van der Waals surface area contributed by atoms with Gasteiger partial charge in [-0.2, -0.15) is 18.4 Å². The fourth-order valence-corrected chi connectivity index (χ4v) is 3.68. The average molecular weight is 385 g/mol. The molecule has 0 atom stereocenters. The largest absolute Gasteiger partial charge is 0.417 e. The predicted octanol–water partition coefficient (Wildman–Crippen LogP) is 4.31. The molecule has 2 rings (SSSR count). The van der Waals surface area contributed by atoms with Gasteiger partial charge in [-0.15, -0.1) is 0 Å². The Morgan fingerprint density at radius 1 is 1.23 bits per heavy atom. The topological polar surface area (TPSA) is 85.8 Å². The fourth-order valence-electron chi connectivity index (χ4n) is 2.43. The molecule has 0 saturated carbocycles. The van der Waals surface area contributed by atoms with Crippen molar-refractivity contribution in [2.24, 2.45) is 0 Å². The second kappa shape index (κ2) is 7.83. The number of nitriles is 1. The smallest absolute Gasteiger partial charge is 0.358 e. The van der Waals surface area contributed by atoms with Crippen LogP contribution in [0.15, 0.2) is 30.3 Å². The number of nitrogens with one attached hydrogen (secondary N) is 2. The zero-order valence-corrected chi connectivity index (χ0v) is 14.8. The Labute approximate surface area is 149 Å². The molecule has 1 aromatic carbocycles. The first kappa shape index (κ1) is 19.8. The molecule has 1 heterocycles. The van der Waals surface area contributed by atoms with Gasteiger partial charge < -0.3 is 4.98 Å². The summed E-state index contributed by atoms with van der Waals surface area (Å²) in [6.07, 6.45) is -3.54. The Kier molecular flexibility index (Phi) is 5.97.